The molecule has 0 fully saturated rings. The molecule has 2 rings (SSSR count). The highest BCUT2D eigenvalue weighted by atomic mass is 32.2. The van der Waals surface area contributed by atoms with Crippen LogP contribution in [0.1, 0.15) is 5.56 Å². The summed E-state index contributed by atoms with van der Waals surface area (Å²) in [6, 6.07) is 4.44. The van der Waals surface area contributed by atoms with E-state index < -0.39 is 10.1 Å². The second kappa shape index (κ2) is 3.89. The molecule has 0 saturated heterocycles. The molecule has 5 nitrogen and oxygen atoms in total. The van der Waals surface area contributed by atoms with Crippen LogP contribution in [0.3, 0.4) is 0 Å². The van der Waals surface area contributed by atoms with Gasteiger partial charge in [0.05, 0.1) is 4.90 Å². The van der Waals surface area contributed by atoms with Crippen LogP contribution in [0, 0.1) is 0 Å². The zero-order valence-corrected chi connectivity index (χ0v) is 9.29. The highest BCUT2D eigenvalue weighted by molar-refractivity contribution is 7.85. The van der Waals surface area contributed by atoms with Crippen molar-refractivity contribution in [3.8, 4) is 0 Å². The highest BCUT2D eigenvalue weighted by Crippen LogP contribution is 2.22. The number of hydrogen-bond donors (Lipinski definition) is 3. The summed E-state index contributed by atoms with van der Waals surface area (Å²) in [5.41, 5.74) is 7.23. The molecule has 0 unspecified atom stereocenters. The average Bonchev–Trinajstić information content (AvgIpc) is 2.60. The molecule has 0 bridgehead atoms. The zero-order valence-electron chi connectivity index (χ0n) is 8.47. The van der Waals surface area contributed by atoms with Gasteiger partial charge in [-0.2, -0.15) is 8.42 Å². The van der Waals surface area contributed by atoms with E-state index in [1.165, 1.54) is 12.1 Å². The number of benzene rings is 1. The fraction of sp³-hybridized carbons (Fsp3) is 0.200. The second-order valence-electron chi connectivity index (χ2n) is 3.54. The zero-order chi connectivity index (χ0) is 11.8. The molecule has 1 aromatic carbocycles. The third-order valence-electron chi connectivity index (χ3n) is 2.45. The molecule has 0 aliphatic carbocycles. The molecule has 0 atom stereocenters. The monoisotopic (exact) mass is 240 g/mol. The van der Waals surface area contributed by atoms with Crippen molar-refractivity contribution in [1.82, 2.24) is 4.98 Å². The molecular formula is C10H12N2O3S. The first kappa shape index (κ1) is 11.1. The van der Waals surface area contributed by atoms with Crippen molar-refractivity contribution in [2.75, 3.05) is 6.54 Å². The van der Waals surface area contributed by atoms with Gasteiger partial charge in [-0.1, -0.05) is 0 Å². The maximum absolute atomic E-state index is 11.0. The van der Waals surface area contributed by atoms with Crippen LogP contribution in [-0.4, -0.2) is 24.5 Å². The molecule has 1 aromatic heterocycles. The van der Waals surface area contributed by atoms with E-state index in [9.17, 15) is 8.42 Å². The van der Waals surface area contributed by atoms with Gasteiger partial charge >= 0.3 is 0 Å². The minimum absolute atomic E-state index is 0.0992. The van der Waals surface area contributed by atoms with E-state index in [1.807, 2.05) is 0 Å². The Labute approximate surface area is 93.0 Å². The number of fused-ring (bicyclic) bond motifs is 1. The Morgan fingerprint density at radius 1 is 1.38 bits per heavy atom. The summed E-state index contributed by atoms with van der Waals surface area (Å²) in [5, 5.41) is 0.778. The quantitative estimate of drug-likeness (QED) is 0.695. The number of H-pyrrole nitrogens is 1. The number of aromatic nitrogens is 1. The van der Waals surface area contributed by atoms with Crippen LogP contribution in [0.5, 0.6) is 0 Å². The van der Waals surface area contributed by atoms with Gasteiger partial charge in [-0.25, -0.2) is 0 Å². The first-order chi connectivity index (χ1) is 7.52. The van der Waals surface area contributed by atoms with Crippen molar-refractivity contribution in [3.05, 3.63) is 30.0 Å². The Morgan fingerprint density at radius 3 is 2.75 bits per heavy atom. The maximum Gasteiger partial charge on any atom is 0.294 e. The van der Waals surface area contributed by atoms with Gasteiger partial charge in [0, 0.05) is 17.1 Å². The first-order valence-electron chi connectivity index (χ1n) is 4.80. The number of aromatic amines is 1. The third kappa shape index (κ3) is 1.95. The molecule has 0 aliphatic heterocycles. The topological polar surface area (TPSA) is 96.2 Å². The van der Waals surface area contributed by atoms with Crippen LogP contribution >= 0.6 is 0 Å². The normalized spacial score (nSPS) is 12.1. The molecule has 0 aliphatic rings. The summed E-state index contributed by atoms with van der Waals surface area (Å²) in [7, 11) is -4.15. The molecule has 2 aromatic rings. The molecule has 0 saturated carbocycles. The largest absolute Gasteiger partial charge is 0.361 e. The van der Waals surface area contributed by atoms with Crippen molar-refractivity contribution < 1.29 is 13.0 Å². The predicted octanol–water partition coefficient (Wildman–Crippen LogP) is 0.916. The van der Waals surface area contributed by atoms with E-state index >= 15 is 0 Å². The van der Waals surface area contributed by atoms with Gasteiger partial charge in [0.2, 0.25) is 0 Å². The minimum atomic E-state index is -4.15. The van der Waals surface area contributed by atoms with Crippen LogP contribution in [0.15, 0.2) is 29.3 Å². The van der Waals surface area contributed by atoms with Gasteiger partial charge in [0.1, 0.15) is 0 Å². The van der Waals surface area contributed by atoms with E-state index in [4.69, 9.17) is 10.3 Å². The molecule has 1 heterocycles. The molecule has 4 N–H and O–H groups in total. The SMILES string of the molecule is NCCc1c[nH]c2ccc(S(=O)(=O)O)cc12. The number of nitrogens with two attached hydrogens (primary N) is 1. The van der Waals surface area contributed by atoms with Crippen molar-refractivity contribution in [1.29, 1.82) is 0 Å². The van der Waals surface area contributed by atoms with Gasteiger partial charge in [0.15, 0.2) is 0 Å². The summed E-state index contributed by atoms with van der Waals surface area (Å²) in [4.78, 5) is 2.92. The molecule has 16 heavy (non-hydrogen) atoms. The van der Waals surface area contributed by atoms with Gasteiger partial charge in [0.25, 0.3) is 10.1 Å². The van der Waals surface area contributed by atoms with E-state index in [2.05, 4.69) is 4.98 Å². The Balaban J connectivity index is 2.63. The number of rotatable bonds is 3. The summed E-state index contributed by atoms with van der Waals surface area (Å²) < 4.78 is 30.9. The van der Waals surface area contributed by atoms with Crippen molar-refractivity contribution in [2.45, 2.75) is 11.3 Å². The predicted molar refractivity (Wildman–Crippen MR) is 60.9 cm³/mol. The maximum atomic E-state index is 11.0. The van der Waals surface area contributed by atoms with Crippen molar-refractivity contribution >= 4 is 21.0 Å². The van der Waals surface area contributed by atoms with Gasteiger partial charge < -0.3 is 10.7 Å². The highest BCUT2D eigenvalue weighted by Gasteiger charge is 2.11. The molecule has 86 valence electrons. The lowest BCUT2D eigenvalue weighted by atomic mass is 10.1. The van der Waals surface area contributed by atoms with Gasteiger partial charge in [-0.15, -0.1) is 0 Å². The van der Waals surface area contributed by atoms with Crippen LogP contribution in [0.25, 0.3) is 10.9 Å². The van der Waals surface area contributed by atoms with E-state index in [1.54, 1.807) is 12.3 Å². The summed E-state index contributed by atoms with van der Waals surface area (Å²) >= 11 is 0. The van der Waals surface area contributed by atoms with E-state index in [0.717, 1.165) is 16.5 Å². The first-order valence-corrected chi connectivity index (χ1v) is 6.24. The Morgan fingerprint density at radius 2 is 2.12 bits per heavy atom. The number of nitrogens with one attached hydrogen (secondary N) is 1. The standard InChI is InChI=1S/C10H12N2O3S/c11-4-3-7-6-12-10-2-1-8(5-9(7)10)16(13,14)15/h1-2,5-6,12H,3-4,11H2,(H,13,14,15). The smallest absolute Gasteiger partial charge is 0.294 e. The third-order valence-corrected chi connectivity index (χ3v) is 3.30. The molecular weight excluding hydrogens is 228 g/mol. The average molecular weight is 240 g/mol. The van der Waals surface area contributed by atoms with Crippen LogP contribution in [-0.2, 0) is 16.5 Å². The molecule has 6 heteroatoms. The van der Waals surface area contributed by atoms with Crippen LogP contribution in [0.4, 0.5) is 0 Å². The van der Waals surface area contributed by atoms with Gasteiger partial charge in [-0.3, -0.25) is 4.55 Å². The van der Waals surface area contributed by atoms with E-state index in [-0.39, 0.29) is 4.90 Å². The minimum Gasteiger partial charge on any atom is -0.361 e. The number of hydrogen-bond acceptors (Lipinski definition) is 3. The lowest BCUT2D eigenvalue weighted by Crippen LogP contribution is -2.02. The van der Waals surface area contributed by atoms with Crippen LogP contribution in [0.2, 0.25) is 0 Å². The fourth-order valence-corrected chi connectivity index (χ4v) is 2.19. The summed E-state index contributed by atoms with van der Waals surface area (Å²) in [5.74, 6) is 0. The Hall–Kier alpha value is -1.37. The summed E-state index contributed by atoms with van der Waals surface area (Å²) in [6.45, 7) is 0.489. The molecule has 0 radical (unpaired) electrons. The van der Waals surface area contributed by atoms with Crippen LogP contribution < -0.4 is 5.73 Å². The molecule has 0 amide bonds. The lowest BCUT2D eigenvalue weighted by Gasteiger charge is -1.99. The fourth-order valence-electron chi connectivity index (χ4n) is 1.68. The molecule has 0 spiro atoms. The van der Waals surface area contributed by atoms with E-state index in [0.29, 0.717) is 13.0 Å². The van der Waals surface area contributed by atoms with Crippen molar-refractivity contribution in [2.24, 2.45) is 5.73 Å². The second-order valence-corrected chi connectivity index (χ2v) is 4.96. The summed E-state index contributed by atoms with van der Waals surface area (Å²) in [6.07, 6.45) is 2.46. The Bertz CT molecular complexity index is 616. The lowest BCUT2D eigenvalue weighted by molar-refractivity contribution is 0.483. The van der Waals surface area contributed by atoms with Crippen molar-refractivity contribution in [3.63, 3.8) is 0 Å². The Kier molecular flexibility index (Phi) is 2.71. The van der Waals surface area contributed by atoms with Gasteiger partial charge in [-0.05, 0) is 36.7 Å².